The summed E-state index contributed by atoms with van der Waals surface area (Å²) in [4.78, 5) is 16.8. The van der Waals surface area contributed by atoms with Crippen LogP contribution >= 0.6 is 11.6 Å². The first kappa shape index (κ1) is 19.7. The molecule has 1 aliphatic carbocycles. The van der Waals surface area contributed by atoms with E-state index in [2.05, 4.69) is 20.5 Å². The zero-order valence-electron chi connectivity index (χ0n) is 16.6. The molecule has 160 valence electrons. The number of fused-ring (bicyclic) bond motifs is 1. The van der Waals surface area contributed by atoms with Crippen LogP contribution < -0.4 is 19.5 Å². The van der Waals surface area contributed by atoms with E-state index in [0.717, 1.165) is 31.2 Å². The van der Waals surface area contributed by atoms with Crippen LogP contribution in [0.4, 0.5) is 0 Å². The number of benzene rings is 1. The van der Waals surface area contributed by atoms with E-state index in [9.17, 15) is 4.79 Å². The number of carbonyl (C=O) groups is 1. The summed E-state index contributed by atoms with van der Waals surface area (Å²) < 4.78 is 16.7. The van der Waals surface area contributed by atoms with Gasteiger partial charge in [-0.3, -0.25) is 9.89 Å². The molecule has 0 bridgehead atoms. The third kappa shape index (κ3) is 4.44. The van der Waals surface area contributed by atoms with Crippen LogP contribution in [0.2, 0.25) is 5.02 Å². The van der Waals surface area contributed by atoms with Crippen molar-refractivity contribution in [3.8, 4) is 28.6 Å². The van der Waals surface area contributed by atoms with Gasteiger partial charge in [0.2, 0.25) is 12.7 Å². The number of aromatic amines is 1. The summed E-state index contributed by atoms with van der Waals surface area (Å²) in [5.74, 6) is 1.80. The van der Waals surface area contributed by atoms with Crippen molar-refractivity contribution in [1.82, 2.24) is 20.5 Å². The van der Waals surface area contributed by atoms with Gasteiger partial charge in [-0.2, -0.15) is 5.10 Å². The molecule has 3 heterocycles. The number of pyridine rings is 1. The fourth-order valence-electron chi connectivity index (χ4n) is 3.83. The van der Waals surface area contributed by atoms with E-state index in [-0.39, 0.29) is 24.8 Å². The molecular formula is C22H21ClN4O4. The fourth-order valence-corrected chi connectivity index (χ4v) is 3.94. The maximum Gasteiger partial charge on any atom is 0.269 e. The number of halogens is 1. The van der Waals surface area contributed by atoms with E-state index in [4.69, 9.17) is 25.8 Å². The Hall–Kier alpha value is -3.26. The summed E-state index contributed by atoms with van der Waals surface area (Å²) >= 11 is 5.86. The van der Waals surface area contributed by atoms with Crippen LogP contribution in [0, 0.1) is 0 Å². The fraction of sp³-hybridized carbons (Fsp3) is 0.318. The maximum absolute atomic E-state index is 12.7. The molecule has 0 spiro atoms. The van der Waals surface area contributed by atoms with Gasteiger partial charge in [-0.05, 0) is 56.0 Å². The summed E-state index contributed by atoms with van der Waals surface area (Å²) in [5.41, 5.74) is 1.96. The van der Waals surface area contributed by atoms with E-state index in [1.807, 2.05) is 18.2 Å². The molecule has 0 radical (unpaired) electrons. The molecule has 5 rings (SSSR count). The Labute approximate surface area is 183 Å². The van der Waals surface area contributed by atoms with Crippen LogP contribution in [0.25, 0.3) is 11.3 Å². The molecule has 1 amide bonds. The number of amides is 1. The zero-order valence-corrected chi connectivity index (χ0v) is 17.4. The SMILES string of the molecule is O=C(NC1CCC(Oc2ccc(Cl)cn2)CC1)c1cc(-c2ccc3c(c2)OCO3)n[nH]1. The monoisotopic (exact) mass is 440 g/mol. The first-order chi connectivity index (χ1) is 15.1. The number of hydrogen-bond acceptors (Lipinski definition) is 6. The van der Waals surface area contributed by atoms with Gasteiger partial charge in [0.25, 0.3) is 5.91 Å². The first-order valence-corrected chi connectivity index (χ1v) is 10.6. The van der Waals surface area contributed by atoms with E-state index in [0.29, 0.717) is 33.8 Å². The lowest BCUT2D eigenvalue weighted by Gasteiger charge is -2.29. The number of nitrogens with zero attached hydrogens (tertiary/aromatic N) is 2. The molecule has 1 aromatic carbocycles. The van der Waals surface area contributed by atoms with Gasteiger partial charge in [-0.15, -0.1) is 0 Å². The lowest BCUT2D eigenvalue weighted by molar-refractivity contribution is 0.0885. The summed E-state index contributed by atoms with van der Waals surface area (Å²) in [6.45, 7) is 0.219. The van der Waals surface area contributed by atoms with Crippen molar-refractivity contribution in [3.05, 3.63) is 53.3 Å². The Morgan fingerprint density at radius 1 is 1.10 bits per heavy atom. The van der Waals surface area contributed by atoms with Crippen LogP contribution in [-0.4, -0.2) is 40.0 Å². The zero-order chi connectivity index (χ0) is 21.2. The lowest BCUT2D eigenvalue weighted by atomic mass is 9.93. The molecule has 31 heavy (non-hydrogen) atoms. The van der Waals surface area contributed by atoms with Crippen molar-refractivity contribution in [2.24, 2.45) is 0 Å². The largest absolute Gasteiger partial charge is 0.474 e. The normalized spacial score (nSPS) is 19.8. The lowest BCUT2D eigenvalue weighted by Crippen LogP contribution is -2.39. The molecule has 0 unspecified atom stereocenters. The molecule has 2 aliphatic rings. The van der Waals surface area contributed by atoms with Crippen molar-refractivity contribution < 1.29 is 19.0 Å². The molecule has 2 aromatic heterocycles. The Kier molecular flexibility index (Phi) is 5.38. The molecule has 1 aliphatic heterocycles. The number of hydrogen-bond donors (Lipinski definition) is 2. The molecule has 0 saturated heterocycles. The van der Waals surface area contributed by atoms with E-state index >= 15 is 0 Å². The summed E-state index contributed by atoms with van der Waals surface area (Å²) in [5, 5.41) is 10.8. The maximum atomic E-state index is 12.7. The van der Waals surface area contributed by atoms with Gasteiger partial charge in [0.05, 0.1) is 10.7 Å². The van der Waals surface area contributed by atoms with E-state index < -0.39 is 0 Å². The van der Waals surface area contributed by atoms with Crippen LogP contribution in [0.15, 0.2) is 42.6 Å². The first-order valence-electron chi connectivity index (χ1n) is 10.2. The number of aromatic nitrogens is 3. The minimum absolute atomic E-state index is 0.0894. The highest BCUT2D eigenvalue weighted by Gasteiger charge is 2.25. The summed E-state index contributed by atoms with van der Waals surface area (Å²) in [6, 6.07) is 11.0. The molecule has 1 fully saturated rings. The Morgan fingerprint density at radius 3 is 2.74 bits per heavy atom. The number of ether oxygens (including phenoxy) is 3. The van der Waals surface area contributed by atoms with Crippen molar-refractivity contribution in [1.29, 1.82) is 0 Å². The smallest absolute Gasteiger partial charge is 0.269 e. The molecule has 1 saturated carbocycles. The van der Waals surface area contributed by atoms with Crippen LogP contribution in [-0.2, 0) is 0 Å². The third-order valence-corrected chi connectivity index (χ3v) is 5.71. The molecule has 8 nitrogen and oxygen atoms in total. The minimum atomic E-state index is -0.164. The average molecular weight is 441 g/mol. The van der Waals surface area contributed by atoms with Crippen LogP contribution in [0.3, 0.4) is 0 Å². The van der Waals surface area contributed by atoms with Crippen molar-refractivity contribution >= 4 is 17.5 Å². The topological polar surface area (TPSA) is 98.4 Å². The molecule has 3 aromatic rings. The second-order valence-electron chi connectivity index (χ2n) is 7.61. The Morgan fingerprint density at radius 2 is 1.94 bits per heavy atom. The minimum Gasteiger partial charge on any atom is -0.474 e. The quantitative estimate of drug-likeness (QED) is 0.622. The van der Waals surface area contributed by atoms with Gasteiger partial charge < -0.3 is 19.5 Å². The summed E-state index contributed by atoms with van der Waals surface area (Å²) in [6.07, 6.45) is 5.04. The van der Waals surface area contributed by atoms with E-state index in [1.165, 1.54) is 0 Å². The Balaban J connectivity index is 1.15. The van der Waals surface area contributed by atoms with Gasteiger partial charge in [-0.25, -0.2) is 4.98 Å². The van der Waals surface area contributed by atoms with Gasteiger partial charge >= 0.3 is 0 Å². The standard InChI is InChI=1S/C22H21ClN4O4/c23-14-2-8-21(24-11-14)31-16-5-3-15(4-6-16)25-22(28)18-10-17(26-27-18)13-1-7-19-20(9-13)30-12-29-19/h1-2,7-11,15-16H,3-6,12H2,(H,25,28)(H,26,27). The van der Waals surface area contributed by atoms with Gasteiger partial charge in [-0.1, -0.05) is 11.6 Å². The number of rotatable bonds is 5. The second kappa shape index (κ2) is 8.47. The van der Waals surface area contributed by atoms with Gasteiger partial charge in [0.1, 0.15) is 11.8 Å². The Bertz CT molecular complexity index is 1080. The molecule has 0 atom stereocenters. The summed E-state index contributed by atoms with van der Waals surface area (Å²) in [7, 11) is 0. The van der Waals surface area contributed by atoms with Crippen molar-refractivity contribution in [2.45, 2.75) is 37.8 Å². The van der Waals surface area contributed by atoms with Crippen LogP contribution in [0.1, 0.15) is 36.2 Å². The molecular weight excluding hydrogens is 420 g/mol. The van der Waals surface area contributed by atoms with Crippen LogP contribution in [0.5, 0.6) is 17.4 Å². The number of carbonyl (C=O) groups excluding carboxylic acids is 1. The predicted molar refractivity (Wildman–Crippen MR) is 114 cm³/mol. The average Bonchev–Trinajstić information content (AvgIpc) is 3.46. The van der Waals surface area contributed by atoms with Crippen molar-refractivity contribution in [3.63, 3.8) is 0 Å². The van der Waals surface area contributed by atoms with Gasteiger partial charge in [0, 0.05) is 23.9 Å². The molecule has 9 heteroatoms. The predicted octanol–water partition coefficient (Wildman–Crippen LogP) is 3.97. The van der Waals surface area contributed by atoms with Crippen molar-refractivity contribution in [2.75, 3.05) is 6.79 Å². The van der Waals surface area contributed by atoms with E-state index in [1.54, 1.807) is 24.4 Å². The highest BCUT2D eigenvalue weighted by molar-refractivity contribution is 6.30. The third-order valence-electron chi connectivity index (χ3n) is 5.49. The highest BCUT2D eigenvalue weighted by atomic mass is 35.5. The number of nitrogens with one attached hydrogen (secondary N) is 2. The molecule has 2 N–H and O–H groups in total. The van der Waals surface area contributed by atoms with Gasteiger partial charge in [0.15, 0.2) is 11.5 Å². The number of H-pyrrole nitrogens is 1. The highest BCUT2D eigenvalue weighted by Crippen LogP contribution is 2.35. The second-order valence-corrected chi connectivity index (χ2v) is 8.05.